The molecule has 2 aromatic carbocycles. The summed E-state index contributed by atoms with van der Waals surface area (Å²) in [6, 6.07) is 16.6. The van der Waals surface area contributed by atoms with Crippen molar-refractivity contribution in [1.29, 1.82) is 0 Å². The molecule has 0 fully saturated rings. The zero-order chi connectivity index (χ0) is 14.4. The molecule has 0 bridgehead atoms. The van der Waals surface area contributed by atoms with Crippen LogP contribution in [0.5, 0.6) is 5.75 Å². The number of aryl methyl sites for hydroxylation is 1. The molecule has 1 atom stereocenters. The first kappa shape index (κ1) is 14.9. The van der Waals surface area contributed by atoms with Crippen LogP contribution in [-0.4, -0.2) is 6.61 Å². The van der Waals surface area contributed by atoms with Crippen LogP contribution in [0.2, 0.25) is 0 Å². The van der Waals surface area contributed by atoms with Crippen LogP contribution in [0.25, 0.3) is 0 Å². The summed E-state index contributed by atoms with van der Waals surface area (Å²) in [5.41, 5.74) is 3.65. The molecule has 0 saturated heterocycles. The van der Waals surface area contributed by atoms with E-state index in [4.69, 9.17) is 16.3 Å². The minimum atomic E-state index is -0.0259. The van der Waals surface area contributed by atoms with Gasteiger partial charge in [-0.05, 0) is 43.0 Å². The van der Waals surface area contributed by atoms with E-state index < -0.39 is 0 Å². The fourth-order valence-electron chi connectivity index (χ4n) is 2.18. The monoisotopic (exact) mass is 288 g/mol. The molecule has 0 aromatic heterocycles. The summed E-state index contributed by atoms with van der Waals surface area (Å²) in [6.07, 6.45) is 1.85. The third-order valence-electron chi connectivity index (χ3n) is 3.19. The molecule has 1 nitrogen and oxygen atoms in total. The van der Waals surface area contributed by atoms with Crippen LogP contribution in [0, 0.1) is 6.92 Å². The van der Waals surface area contributed by atoms with Crippen molar-refractivity contribution in [2.45, 2.75) is 32.1 Å². The summed E-state index contributed by atoms with van der Waals surface area (Å²) in [7, 11) is 0. The molecule has 0 N–H and O–H groups in total. The molecule has 20 heavy (non-hydrogen) atoms. The van der Waals surface area contributed by atoms with E-state index in [0.717, 1.165) is 30.8 Å². The van der Waals surface area contributed by atoms with Gasteiger partial charge in [0.25, 0.3) is 0 Å². The lowest BCUT2D eigenvalue weighted by Gasteiger charge is -2.12. The zero-order valence-corrected chi connectivity index (χ0v) is 12.9. The van der Waals surface area contributed by atoms with Crippen molar-refractivity contribution in [1.82, 2.24) is 0 Å². The maximum absolute atomic E-state index is 6.54. The van der Waals surface area contributed by atoms with E-state index >= 15 is 0 Å². The van der Waals surface area contributed by atoms with Crippen LogP contribution >= 0.6 is 11.6 Å². The van der Waals surface area contributed by atoms with E-state index in [1.807, 2.05) is 18.2 Å². The van der Waals surface area contributed by atoms with Crippen LogP contribution in [-0.2, 0) is 6.42 Å². The highest BCUT2D eigenvalue weighted by atomic mass is 35.5. The first-order valence-electron chi connectivity index (χ1n) is 7.11. The van der Waals surface area contributed by atoms with Crippen LogP contribution in [0.4, 0.5) is 0 Å². The number of hydrogen-bond acceptors (Lipinski definition) is 1. The molecule has 0 aliphatic carbocycles. The van der Waals surface area contributed by atoms with Gasteiger partial charge >= 0.3 is 0 Å². The molecule has 0 heterocycles. The van der Waals surface area contributed by atoms with Crippen LogP contribution < -0.4 is 4.74 Å². The SMILES string of the molecule is CCCOc1cccc(C(Cl)Cc2cccc(C)c2)c1. The molecule has 0 amide bonds. The van der Waals surface area contributed by atoms with E-state index in [9.17, 15) is 0 Å². The Morgan fingerprint density at radius 1 is 1.10 bits per heavy atom. The second kappa shape index (κ2) is 7.35. The summed E-state index contributed by atoms with van der Waals surface area (Å²) in [5.74, 6) is 0.902. The fraction of sp³-hybridized carbons (Fsp3) is 0.333. The number of halogens is 1. The van der Waals surface area contributed by atoms with Gasteiger partial charge in [-0.25, -0.2) is 0 Å². The topological polar surface area (TPSA) is 9.23 Å². The number of rotatable bonds is 6. The smallest absolute Gasteiger partial charge is 0.119 e. The molecule has 2 heteroatoms. The molecule has 106 valence electrons. The van der Waals surface area contributed by atoms with Gasteiger partial charge in [-0.2, -0.15) is 0 Å². The predicted octanol–water partition coefficient (Wildman–Crippen LogP) is 5.31. The van der Waals surface area contributed by atoms with Crippen LogP contribution in [0.3, 0.4) is 0 Å². The lowest BCUT2D eigenvalue weighted by Crippen LogP contribution is -1.99. The zero-order valence-electron chi connectivity index (χ0n) is 12.1. The van der Waals surface area contributed by atoms with Gasteiger partial charge in [0.15, 0.2) is 0 Å². The molecule has 2 aromatic rings. The van der Waals surface area contributed by atoms with Crippen molar-refractivity contribution in [2.75, 3.05) is 6.61 Å². The molecule has 0 aliphatic rings. The van der Waals surface area contributed by atoms with Gasteiger partial charge in [-0.3, -0.25) is 0 Å². The lowest BCUT2D eigenvalue weighted by atomic mass is 10.0. The predicted molar refractivity (Wildman–Crippen MR) is 85.7 cm³/mol. The van der Waals surface area contributed by atoms with Crippen molar-refractivity contribution in [3.8, 4) is 5.75 Å². The maximum Gasteiger partial charge on any atom is 0.119 e. The lowest BCUT2D eigenvalue weighted by molar-refractivity contribution is 0.317. The third kappa shape index (κ3) is 4.28. The van der Waals surface area contributed by atoms with E-state index in [1.54, 1.807) is 0 Å². The summed E-state index contributed by atoms with van der Waals surface area (Å²) >= 11 is 6.54. The Bertz CT molecular complexity index is 551. The second-order valence-corrected chi connectivity index (χ2v) is 5.61. The Labute approximate surface area is 126 Å². The molecule has 0 saturated carbocycles. The summed E-state index contributed by atoms with van der Waals surface area (Å²) < 4.78 is 5.66. The highest BCUT2D eigenvalue weighted by Gasteiger charge is 2.10. The molecule has 0 spiro atoms. The Morgan fingerprint density at radius 2 is 1.90 bits per heavy atom. The first-order valence-corrected chi connectivity index (χ1v) is 7.55. The highest BCUT2D eigenvalue weighted by molar-refractivity contribution is 6.20. The normalized spacial score (nSPS) is 12.2. The number of alkyl halides is 1. The van der Waals surface area contributed by atoms with Crippen molar-refractivity contribution >= 4 is 11.6 Å². The van der Waals surface area contributed by atoms with E-state index in [-0.39, 0.29) is 5.38 Å². The van der Waals surface area contributed by atoms with Crippen molar-refractivity contribution in [3.05, 3.63) is 65.2 Å². The van der Waals surface area contributed by atoms with Gasteiger partial charge in [0.1, 0.15) is 5.75 Å². The van der Waals surface area contributed by atoms with Gasteiger partial charge in [0, 0.05) is 0 Å². The standard InChI is InChI=1S/C18H21ClO/c1-3-10-20-17-9-5-8-16(13-17)18(19)12-15-7-4-6-14(2)11-15/h4-9,11,13,18H,3,10,12H2,1-2H3. The first-order chi connectivity index (χ1) is 9.69. The second-order valence-electron chi connectivity index (χ2n) is 5.08. The number of hydrogen-bond donors (Lipinski definition) is 0. The average molecular weight is 289 g/mol. The summed E-state index contributed by atoms with van der Waals surface area (Å²) in [5, 5.41) is -0.0259. The Kier molecular flexibility index (Phi) is 5.49. The molecular weight excluding hydrogens is 268 g/mol. The maximum atomic E-state index is 6.54. The molecule has 2 rings (SSSR count). The van der Waals surface area contributed by atoms with Crippen LogP contribution in [0.15, 0.2) is 48.5 Å². The van der Waals surface area contributed by atoms with E-state index in [0.29, 0.717) is 0 Å². The molecule has 1 unspecified atom stereocenters. The van der Waals surface area contributed by atoms with Gasteiger partial charge in [0.2, 0.25) is 0 Å². The fourth-order valence-corrected chi connectivity index (χ4v) is 2.50. The Morgan fingerprint density at radius 3 is 2.65 bits per heavy atom. The minimum Gasteiger partial charge on any atom is -0.494 e. The van der Waals surface area contributed by atoms with Crippen molar-refractivity contribution in [2.24, 2.45) is 0 Å². The van der Waals surface area contributed by atoms with Gasteiger partial charge in [0.05, 0.1) is 12.0 Å². The summed E-state index contributed by atoms with van der Waals surface area (Å²) in [6.45, 7) is 4.95. The van der Waals surface area contributed by atoms with Gasteiger partial charge in [-0.15, -0.1) is 11.6 Å². The molecule has 0 aliphatic heterocycles. The Balaban J connectivity index is 2.06. The average Bonchev–Trinajstić information content (AvgIpc) is 2.45. The Hall–Kier alpha value is -1.47. The molecular formula is C18H21ClO. The van der Waals surface area contributed by atoms with E-state index in [1.165, 1.54) is 11.1 Å². The van der Waals surface area contributed by atoms with Crippen LogP contribution in [0.1, 0.15) is 35.4 Å². The number of ether oxygens (including phenoxy) is 1. The molecule has 0 radical (unpaired) electrons. The van der Waals surface area contributed by atoms with Crippen molar-refractivity contribution in [3.63, 3.8) is 0 Å². The quantitative estimate of drug-likeness (QED) is 0.655. The summed E-state index contributed by atoms with van der Waals surface area (Å²) in [4.78, 5) is 0. The highest BCUT2D eigenvalue weighted by Crippen LogP contribution is 2.28. The largest absolute Gasteiger partial charge is 0.494 e. The third-order valence-corrected chi connectivity index (χ3v) is 3.60. The van der Waals surface area contributed by atoms with Crippen molar-refractivity contribution < 1.29 is 4.74 Å². The van der Waals surface area contributed by atoms with Gasteiger partial charge < -0.3 is 4.74 Å². The minimum absolute atomic E-state index is 0.0259. The number of benzene rings is 2. The van der Waals surface area contributed by atoms with E-state index in [2.05, 4.69) is 44.2 Å². The van der Waals surface area contributed by atoms with Gasteiger partial charge in [-0.1, -0.05) is 48.9 Å².